The van der Waals surface area contributed by atoms with E-state index in [1.165, 1.54) is 35.8 Å². The van der Waals surface area contributed by atoms with Crippen LogP contribution in [0.3, 0.4) is 0 Å². The number of anilines is 1. The molecule has 0 aliphatic rings. The van der Waals surface area contributed by atoms with Crippen LogP contribution in [0.25, 0.3) is 17.3 Å². The van der Waals surface area contributed by atoms with E-state index in [-0.39, 0.29) is 5.57 Å². The zero-order chi connectivity index (χ0) is 25.0. The highest BCUT2D eigenvalue weighted by atomic mass is 32.1. The van der Waals surface area contributed by atoms with Crippen molar-refractivity contribution in [3.8, 4) is 28.8 Å². The first-order valence-corrected chi connectivity index (χ1v) is 12.7. The van der Waals surface area contributed by atoms with Crippen LogP contribution in [0, 0.1) is 11.3 Å². The molecule has 1 aromatic heterocycles. The Morgan fingerprint density at radius 1 is 1.11 bits per heavy atom. The van der Waals surface area contributed by atoms with Crippen LogP contribution in [0.2, 0.25) is 0 Å². The number of methoxy groups -OCH3 is 1. The van der Waals surface area contributed by atoms with Crippen molar-refractivity contribution < 1.29 is 14.3 Å². The summed E-state index contributed by atoms with van der Waals surface area (Å²) >= 11 is 1.32. The predicted octanol–water partition coefficient (Wildman–Crippen LogP) is 6.89. The van der Waals surface area contributed by atoms with Gasteiger partial charge in [0.25, 0.3) is 5.91 Å². The topological polar surface area (TPSA) is 84.2 Å². The van der Waals surface area contributed by atoms with Crippen LogP contribution in [0.5, 0.6) is 11.5 Å². The first-order chi connectivity index (χ1) is 17.1. The molecule has 0 aliphatic heterocycles. The maximum absolute atomic E-state index is 12.7. The summed E-state index contributed by atoms with van der Waals surface area (Å²) in [4.78, 5) is 17.2. The van der Waals surface area contributed by atoms with E-state index in [4.69, 9.17) is 9.47 Å². The number of hydrogen-bond acceptors (Lipinski definition) is 6. The number of nitriles is 1. The van der Waals surface area contributed by atoms with Crippen molar-refractivity contribution in [1.29, 1.82) is 5.26 Å². The molecular weight excluding hydrogens is 458 g/mol. The lowest BCUT2D eigenvalue weighted by Crippen LogP contribution is -2.13. The fourth-order valence-electron chi connectivity index (χ4n) is 3.46. The minimum Gasteiger partial charge on any atom is -0.493 e. The standard InChI is InChI=1S/C28H31N3O3S/c1-4-6-7-8-15-34-25-14-11-21(17-26(25)33-3)16-23(18-29)27(32)31-28-30-24(19-35-28)22-12-9-20(5-2)10-13-22/h9-14,16-17,19H,4-8,15H2,1-3H3,(H,30,31,32)/b23-16+. The van der Waals surface area contributed by atoms with Crippen LogP contribution in [0.15, 0.2) is 53.4 Å². The lowest BCUT2D eigenvalue weighted by Gasteiger charge is -2.11. The largest absolute Gasteiger partial charge is 0.493 e. The highest BCUT2D eigenvalue weighted by molar-refractivity contribution is 7.14. The molecule has 0 saturated heterocycles. The van der Waals surface area contributed by atoms with Crippen molar-refractivity contribution >= 4 is 28.5 Å². The molecular formula is C28H31N3O3S. The van der Waals surface area contributed by atoms with Crippen molar-refractivity contribution in [1.82, 2.24) is 4.98 Å². The molecule has 1 amide bonds. The van der Waals surface area contributed by atoms with E-state index in [9.17, 15) is 10.1 Å². The number of thiazole rings is 1. The average Bonchev–Trinajstić information content (AvgIpc) is 3.35. The molecule has 0 atom stereocenters. The van der Waals surface area contributed by atoms with Gasteiger partial charge in [0.15, 0.2) is 16.6 Å². The maximum atomic E-state index is 12.7. The number of unbranched alkanes of at least 4 members (excludes halogenated alkanes) is 3. The van der Waals surface area contributed by atoms with Gasteiger partial charge in [-0.25, -0.2) is 4.98 Å². The first kappa shape index (κ1) is 26.0. The number of amides is 1. The van der Waals surface area contributed by atoms with E-state index in [1.54, 1.807) is 25.3 Å². The Morgan fingerprint density at radius 2 is 1.91 bits per heavy atom. The van der Waals surface area contributed by atoms with Crippen LogP contribution in [0.1, 0.15) is 50.7 Å². The van der Waals surface area contributed by atoms with Crippen molar-refractivity contribution in [2.45, 2.75) is 46.0 Å². The van der Waals surface area contributed by atoms with E-state index < -0.39 is 5.91 Å². The third-order valence-corrected chi connectivity index (χ3v) is 6.26. The van der Waals surface area contributed by atoms with Crippen LogP contribution in [0.4, 0.5) is 5.13 Å². The molecule has 0 fully saturated rings. The Bertz CT molecular complexity index is 1190. The fourth-order valence-corrected chi connectivity index (χ4v) is 4.17. The highest BCUT2D eigenvalue weighted by Crippen LogP contribution is 2.30. The lowest BCUT2D eigenvalue weighted by molar-refractivity contribution is -0.112. The molecule has 3 aromatic rings. The van der Waals surface area contributed by atoms with Gasteiger partial charge in [-0.2, -0.15) is 5.26 Å². The molecule has 2 aromatic carbocycles. The third kappa shape index (κ3) is 7.43. The summed E-state index contributed by atoms with van der Waals surface area (Å²) in [5.74, 6) is 0.696. The van der Waals surface area contributed by atoms with E-state index >= 15 is 0 Å². The molecule has 1 N–H and O–H groups in total. The van der Waals surface area contributed by atoms with Gasteiger partial charge in [-0.15, -0.1) is 11.3 Å². The van der Waals surface area contributed by atoms with Crippen LogP contribution < -0.4 is 14.8 Å². The molecule has 7 heteroatoms. The molecule has 1 heterocycles. The van der Waals surface area contributed by atoms with Gasteiger partial charge in [0.05, 0.1) is 19.4 Å². The summed E-state index contributed by atoms with van der Waals surface area (Å²) in [6.07, 6.45) is 6.99. The number of hydrogen-bond donors (Lipinski definition) is 1. The van der Waals surface area contributed by atoms with E-state index in [0.29, 0.717) is 28.8 Å². The number of ether oxygens (including phenoxy) is 2. The van der Waals surface area contributed by atoms with Gasteiger partial charge in [-0.3, -0.25) is 10.1 Å². The number of aryl methyl sites for hydroxylation is 1. The summed E-state index contributed by atoms with van der Waals surface area (Å²) in [6.45, 7) is 4.90. The van der Waals surface area contributed by atoms with Gasteiger partial charge in [0.2, 0.25) is 0 Å². The number of aromatic nitrogens is 1. The zero-order valence-electron chi connectivity index (χ0n) is 20.5. The van der Waals surface area contributed by atoms with Crippen LogP contribution >= 0.6 is 11.3 Å². The molecule has 182 valence electrons. The minimum atomic E-state index is -0.509. The van der Waals surface area contributed by atoms with Crippen molar-refractivity contribution in [2.24, 2.45) is 0 Å². The van der Waals surface area contributed by atoms with Crippen molar-refractivity contribution in [3.05, 3.63) is 64.5 Å². The first-order valence-electron chi connectivity index (χ1n) is 11.9. The normalized spacial score (nSPS) is 11.1. The number of carbonyl (C=O) groups is 1. The molecule has 0 spiro atoms. The molecule has 3 rings (SSSR count). The van der Waals surface area contributed by atoms with E-state index in [1.807, 2.05) is 23.6 Å². The monoisotopic (exact) mass is 489 g/mol. The zero-order valence-corrected chi connectivity index (χ0v) is 21.3. The number of carbonyl (C=O) groups excluding carboxylic acids is 1. The second kappa shape index (κ2) is 13.3. The Labute approximate surface area is 211 Å². The lowest BCUT2D eigenvalue weighted by atomic mass is 10.1. The van der Waals surface area contributed by atoms with Gasteiger partial charge in [-0.05, 0) is 42.2 Å². The summed E-state index contributed by atoms with van der Waals surface area (Å²) in [6, 6.07) is 15.5. The Hall–Kier alpha value is -3.63. The Balaban J connectivity index is 1.67. The summed E-state index contributed by atoms with van der Waals surface area (Å²) in [7, 11) is 1.57. The smallest absolute Gasteiger partial charge is 0.268 e. The number of rotatable bonds is 12. The number of benzene rings is 2. The van der Waals surface area contributed by atoms with E-state index in [2.05, 4.69) is 36.3 Å². The van der Waals surface area contributed by atoms with Crippen LogP contribution in [-0.2, 0) is 11.2 Å². The van der Waals surface area contributed by atoms with Gasteiger partial charge in [0.1, 0.15) is 11.6 Å². The molecule has 0 unspecified atom stereocenters. The summed E-state index contributed by atoms with van der Waals surface area (Å²) in [5, 5.41) is 14.6. The van der Waals surface area contributed by atoms with Crippen molar-refractivity contribution in [2.75, 3.05) is 19.0 Å². The van der Waals surface area contributed by atoms with Gasteiger partial charge >= 0.3 is 0 Å². The number of nitrogens with one attached hydrogen (secondary N) is 1. The average molecular weight is 490 g/mol. The van der Waals surface area contributed by atoms with Gasteiger partial charge < -0.3 is 9.47 Å². The predicted molar refractivity (Wildman–Crippen MR) is 142 cm³/mol. The summed E-state index contributed by atoms with van der Waals surface area (Å²) in [5.41, 5.74) is 3.66. The Morgan fingerprint density at radius 3 is 2.60 bits per heavy atom. The SMILES string of the molecule is CCCCCCOc1ccc(/C=C(\C#N)C(=O)Nc2nc(-c3ccc(CC)cc3)cs2)cc1OC. The van der Waals surface area contributed by atoms with Crippen LogP contribution in [-0.4, -0.2) is 24.6 Å². The summed E-state index contributed by atoms with van der Waals surface area (Å²) < 4.78 is 11.3. The molecule has 35 heavy (non-hydrogen) atoms. The fraction of sp³-hybridized carbons (Fsp3) is 0.321. The highest BCUT2D eigenvalue weighted by Gasteiger charge is 2.14. The van der Waals surface area contributed by atoms with Gasteiger partial charge in [0, 0.05) is 10.9 Å². The maximum Gasteiger partial charge on any atom is 0.268 e. The molecule has 6 nitrogen and oxygen atoms in total. The van der Waals surface area contributed by atoms with Crippen molar-refractivity contribution in [3.63, 3.8) is 0 Å². The second-order valence-electron chi connectivity index (χ2n) is 8.03. The minimum absolute atomic E-state index is 0.0238. The molecule has 0 radical (unpaired) electrons. The van der Waals surface area contributed by atoms with Gasteiger partial charge in [-0.1, -0.05) is 63.4 Å². The quantitative estimate of drug-likeness (QED) is 0.170. The van der Waals surface area contributed by atoms with E-state index in [0.717, 1.165) is 30.5 Å². The molecule has 0 saturated carbocycles. The molecule has 0 bridgehead atoms. The second-order valence-corrected chi connectivity index (χ2v) is 8.89. The third-order valence-electron chi connectivity index (χ3n) is 5.50. The Kier molecular flexibility index (Phi) is 9.88. The number of nitrogens with zero attached hydrogens (tertiary/aromatic N) is 2. The molecule has 0 aliphatic carbocycles.